The molecule has 0 aliphatic carbocycles. The van der Waals surface area contributed by atoms with Crippen LogP contribution in [0.4, 0.5) is 8.78 Å². The van der Waals surface area contributed by atoms with Gasteiger partial charge in [-0.1, -0.05) is 6.07 Å². The molecular weight excluding hydrogens is 344 g/mol. The fourth-order valence-corrected chi connectivity index (χ4v) is 2.97. The molecule has 0 saturated carbocycles. The van der Waals surface area contributed by atoms with E-state index in [9.17, 15) is 8.78 Å². The summed E-state index contributed by atoms with van der Waals surface area (Å²) < 4.78 is 40.0. The quantitative estimate of drug-likeness (QED) is 0.562. The second-order valence-corrected chi connectivity index (χ2v) is 6.20. The van der Waals surface area contributed by atoms with Gasteiger partial charge in [-0.05, 0) is 30.5 Å². The SMILES string of the molecule is CN=C(NCCc1ccc(OC)c(OC(F)F)c1)N(C)CC1CCOC1. The first-order valence-electron chi connectivity index (χ1n) is 8.64. The van der Waals surface area contributed by atoms with Gasteiger partial charge in [0.05, 0.1) is 13.7 Å². The maximum atomic E-state index is 12.5. The van der Waals surface area contributed by atoms with Crippen LogP contribution in [0.1, 0.15) is 12.0 Å². The van der Waals surface area contributed by atoms with Crippen LogP contribution in [-0.2, 0) is 11.2 Å². The molecule has 1 unspecified atom stereocenters. The standard InChI is InChI=1S/C18H27F2N3O3/c1-21-18(23(2)11-14-7-9-25-12-14)22-8-6-13-4-5-15(24-3)16(10-13)26-17(19)20/h4-5,10,14,17H,6-9,11-12H2,1-3H3,(H,21,22). The zero-order valence-electron chi connectivity index (χ0n) is 15.5. The fourth-order valence-electron chi connectivity index (χ4n) is 2.97. The molecule has 0 aromatic heterocycles. The van der Waals surface area contributed by atoms with Crippen LogP contribution < -0.4 is 14.8 Å². The lowest BCUT2D eigenvalue weighted by Crippen LogP contribution is -2.42. The molecule has 0 amide bonds. The Morgan fingerprint density at radius 3 is 2.85 bits per heavy atom. The fraction of sp³-hybridized carbons (Fsp3) is 0.611. The summed E-state index contributed by atoms with van der Waals surface area (Å²) in [7, 11) is 5.16. The van der Waals surface area contributed by atoms with Gasteiger partial charge < -0.3 is 24.4 Å². The van der Waals surface area contributed by atoms with E-state index in [4.69, 9.17) is 9.47 Å². The van der Waals surface area contributed by atoms with Gasteiger partial charge in [-0.2, -0.15) is 8.78 Å². The predicted molar refractivity (Wildman–Crippen MR) is 96.2 cm³/mol. The largest absolute Gasteiger partial charge is 0.493 e. The minimum absolute atomic E-state index is 0.0442. The van der Waals surface area contributed by atoms with Crippen molar-refractivity contribution in [3.05, 3.63) is 23.8 Å². The first kappa shape index (κ1) is 20.2. The number of aliphatic imine (C=N–C) groups is 1. The Morgan fingerprint density at radius 2 is 2.23 bits per heavy atom. The number of hydrogen-bond acceptors (Lipinski definition) is 4. The highest BCUT2D eigenvalue weighted by Gasteiger charge is 2.19. The third kappa shape index (κ3) is 6.01. The van der Waals surface area contributed by atoms with Crippen LogP contribution in [0.25, 0.3) is 0 Å². The lowest BCUT2D eigenvalue weighted by Gasteiger charge is -2.24. The Hall–Kier alpha value is -2.09. The van der Waals surface area contributed by atoms with Crippen molar-refractivity contribution < 1.29 is 23.0 Å². The molecule has 6 nitrogen and oxygen atoms in total. The Kier molecular flexibility index (Phi) is 7.90. The molecule has 1 N–H and O–H groups in total. The van der Waals surface area contributed by atoms with E-state index in [0.717, 1.165) is 37.7 Å². The van der Waals surface area contributed by atoms with Crippen molar-refractivity contribution in [1.82, 2.24) is 10.2 Å². The zero-order valence-corrected chi connectivity index (χ0v) is 15.5. The summed E-state index contributed by atoms with van der Waals surface area (Å²) in [6.45, 7) is 0.238. The molecule has 2 rings (SSSR count). The molecule has 1 aromatic carbocycles. The summed E-state index contributed by atoms with van der Waals surface area (Å²) >= 11 is 0. The van der Waals surface area contributed by atoms with Crippen LogP contribution in [0.5, 0.6) is 11.5 Å². The van der Waals surface area contributed by atoms with Gasteiger partial charge in [0.15, 0.2) is 17.5 Å². The zero-order chi connectivity index (χ0) is 18.9. The van der Waals surface area contributed by atoms with E-state index in [-0.39, 0.29) is 11.5 Å². The lowest BCUT2D eigenvalue weighted by atomic mass is 10.1. The van der Waals surface area contributed by atoms with Crippen molar-refractivity contribution >= 4 is 5.96 Å². The van der Waals surface area contributed by atoms with Crippen LogP contribution in [-0.4, -0.2) is 65.0 Å². The third-order valence-electron chi connectivity index (χ3n) is 4.27. The normalized spacial score (nSPS) is 17.5. The number of guanidine groups is 1. The van der Waals surface area contributed by atoms with Gasteiger partial charge in [0.25, 0.3) is 0 Å². The highest BCUT2D eigenvalue weighted by atomic mass is 19.3. The van der Waals surface area contributed by atoms with Crippen molar-refractivity contribution in [2.75, 3.05) is 47.5 Å². The van der Waals surface area contributed by atoms with Gasteiger partial charge in [-0.25, -0.2) is 0 Å². The van der Waals surface area contributed by atoms with Gasteiger partial charge >= 0.3 is 6.61 Å². The molecule has 1 saturated heterocycles. The first-order chi connectivity index (χ1) is 12.5. The number of halogens is 2. The van der Waals surface area contributed by atoms with Crippen molar-refractivity contribution in [3.63, 3.8) is 0 Å². The molecule has 1 fully saturated rings. The van der Waals surface area contributed by atoms with Gasteiger partial charge in [-0.15, -0.1) is 0 Å². The molecular formula is C18H27F2N3O3. The number of hydrogen-bond donors (Lipinski definition) is 1. The molecule has 26 heavy (non-hydrogen) atoms. The Balaban J connectivity index is 1.86. The number of methoxy groups -OCH3 is 1. The van der Waals surface area contributed by atoms with Gasteiger partial charge in [-0.3, -0.25) is 4.99 Å². The molecule has 146 valence electrons. The summed E-state index contributed by atoms with van der Waals surface area (Å²) in [6, 6.07) is 5.05. The second kappa shape index (κ2) is 10.2. The van der Waals surface area contributed by atoms with E-state index in [1.807, 2.05) is 13.1 Å². The molecule has 0 spiro atoms. The van der Waals surface area contributed by atoms with Crippen molar-refractivity contribution in [2.24, 2.45) is 10.9 Å². The lowest BCUT2D eigenvalue weighted by molar-refractivity contribution is -0.0512. The Bertz CT molecular complexity index is 593. The minimum Gasteiger partial charge on any atom is -0.493 e. The summed E-state index contributed by atoms with van der Waals surface area (Å²) in [5.41, 5.74) is 0.872. The summed E-state index contributed by atoms with van der Waals surface area (Å²) in [5, 5.41) is 3.30. The highest BCUT2D eigenvalue weighted by Crippen LogP contribution is 2.29. The molecule has 1 aliphatic rings. The topological polar surface area (TPSA) is 55.3 Å². The minimum atomic E-state index is -2.88. The van der Waals surface area contributed by atoms with E-state index in [2.05, 4.69) is 19.9 Å². The smallest absolute Gasteiger partial charge is 0.387 e. The average Bonchev–Trinajstić information content (AvgIpc) is 3.11. The number of nitrogens with one attached hydrogen (secondary N) is 1. The van der Waals surface area contributed by atoms with Gasteiger partial charge in [0.1, 0.15) is 0 Å². The van der Waals surface area contributed by atoms with Crippen LogP contribution >= 0.6 is 0 Å². The average molecular weight is 371 g/mol. The Morgan fingerprint density at radius 1 is 1.42 bits per heavy atom. The van der Waals surface area contributed by atoms with E-state index in [0.29, 0.717) is 18.9 Å². The molecule has 0 bridgehead atoms. The molecule has 1 aromatic rings. The van der Waals surface area contributed by atoms with E-state index < -0.39 is 6.61 Å². The van der Waals surface area contributed by atoms with Gasteiger partial charge in [0, 0.05) is 39.7 Å². The number of nitrogens with zero attached hydrogens (tertiary/aromatic N) is 2. The number of alkyl halides is 2. The number of ether oxygens (including phenoxy) is 3. The maximum absolute atomic E-state index is 12.5. The van der Waals surface area contributed by atoms with Crippen molar-refractivity contribution in [2.45, 2.75) is 19.5 Å². The third-order valence-corrected chi connectivity index (χ3v) is 4.27. The molecule has 1 heterocycles. The van der Waals surface area contributed by atoms with Crippen LogP contribution in [0.15, 0.2) is 23.2 Å². The molecule has 1 atom stereocenters. The van der Waals surface area contributed by atoms with Crippen LogP contribution in [0, 0.1) is 5.92 Å². The van der Waals surface area contributed by atoms with Crippen LogP contribution in [0.2, 0.25) is 0 Å². The van der Waals surface area contributed by atoms with Crippen molar-refractivity contribution in [3.8, 4) is 11.5 Å². The molecule has 1 aliphatic heterocycles. The number of rotatable bonds is 8. The van der Waals surface area contributed by atoms with E-state index in [1.54, 1.807) is 19.2 Å². The van der Waals surface area contributed by atoms with Crippen LogP contribution in [0.3, 0.4) is 0 Å². The molecule has 0 radical (unpaired) electrons. The monoisotopic (exact) mass is 371 g/mol. The Labute approximate surface area is 153 Å². The first-order valence-corrected chi connectivity index (χ1v) is 8.64. The van der Waals surface area contributed by atoms with E-state index in [1.165, 1.54) is 7.11 Å². The highest BCUT2D eigenvalue weighted by molar-refractivity contribution is 5.79. The molecule has 8 heteroatoms. The maximum Gasteiger partial charge on any atom is 0.387 e. The second-order valence-electron chi connectivity index (χ2n) is 6.20. The summed E-state index contributed by atoms with van der Waals surface area (Å²) in [4.78, 5) is 6.37. The van der Waals surface area contributed by atoms with Crippen molar-refractivity contribution in [1.29, 1.82) is 0 Å². The van der Waals surface area contributed by atoms with Gasteiger partial charge in [0.2, 0.25) is 0 Å². The van der Waals surface area contributed by atoms with E-state index >= 15 is 0 Å². The summed E-state index contributed by atoms with van der Waals surface area (Å²) in [5.74, 6) is 1.66. The predicted octanol–water partition coefficient (Wildman–Crippen LogP) is 2.38. The number of benzene rings is 1. The summed E-state index contributed by atoms with van der Waals surface area (Å²) in [6.07, 6.45) is 1.71.